The molecule has 3 amide bonds. The summed E-state index contributed by atoms with van der Waals surface area (Å²) >= 11 is 0. The van der Waals surface area contributed by atoms with Crippen molar-refractivity contribution in [1.29, 1.82) is 0 Å². The molecular formula is C19H16F3N7O4S. The highest BCUT2D eigenvalue weighted by atomic mass is 32.2. The second-order valence-corrected chi connectivity index (χ2v) is 9.75. The van der Waals surface area contributed by atoms with Crippen LogP contribution in [0.25, 0.3) is 11.5 Å². The normalized spacial score (nSPS) is 16.4. The number of hydrogen-bond donors (Lipinski definition) is 1. The minimum atomic E-state index is -5.56. The van der Waals surface area contributed by atoms with Gasteiger partial charge in [0, 0.05) is 12.7 Å². The number of anilines is 1. The van der Waals surface area contributed by atoms with E-state index in [0.717, 1.165) is 17.0 Å². The Morgan fingerprint density at radius 1 is 1.09 bits per heavy atom. The van der Waals surface area contributed by atoms with E-state index in [1.807, 2.05) is 0 Å². The first-order valence-electron chi connectivity index (χ1n) is 9.60. The quantitative estimate of drug-likeness (QED) is 0.532. The maximum atomic E-state index is 13.2. The molecular weight excluding hydrogens is 479 g/mol. The number of pyridine rings is 1. The molecule has 0 radical (unpaired) electrons. The summed E-state index contributed by atoms with van der Waals surface area (Å²) in [5.74, 6) is -0.321. The maximum absolute atomic E-state index is 13.2. The molecule has 178 valence electrons. The number of imide groups is 1. The monoisotopic (exact) mass is 495 g/mol. The van der Waals surface area contributed by atoms with E-state index in [2.05, 4.69) is 25.6 Å². The fourth-order valence-corrected chi connectivity index (χ4v) is 4.15. The smallest absolute Gasteiger partial charge is 0.305 e. The number of aromatic amines is 1. The van der Waals surface area contributed by atoms with Crippen molar-refractivity contribution >= 4 is 27.5 Å². The summed E-state index contributed by atoms with van der Waals surface area (Å²) < 4.78 is 61.5. The van der Waals surface area contributed by atoms with Gasteiger partial charge in [-0.15, -0.1) is 5.10 Å². The predicted octanol–water partition coefficient (Wildman–Crippen LogP) is 2.30. The Bertz CT molecular complexity index is 1360. The second-order valence-electron chi connectivity index (χ2n) is 7.81. The highest BCUT2D eigenvalue weighted by molar-refractivity contribution is 7.92. The van der Waals surface area contributed by atoms with E-state index in [1.165, 1.54) is 24.9 Å². The molecule has 1 fully saturated rings. The van der Waals surface area contributed by atoms with Crippen LogP contribution in [0, 0.1) is 0 Å². The summed E-state index contributed by atoms with van der Waals surface area (Å²) in [5.41, 5.74) is -5.81. The predicted molar refractivity (Wildman–Crippen MR) is 110 cm³/mol. The fourth-order valence-electron chi connectivity index (χ4n) is 3.39. The van der Waals surface area contributed by atoms with Gasteiger partial charge >= 0.3 is 11.5 Å². The number of carbonyl (C=O) groups is 2. The molecule has 0 aliphatic carbocycles. The largest absolute Gasteiger partial charge is 0.501 e. The number of nitrogens with zero attached hydrogens (tertiary/aromatic N) is 6. The molecule has 3 aromatic rings. The molecule has 1 aliphatic rings. The Morgan fingerprint density at radius 3 is 2.35 bits per heavy atom. The van der Waals surface area contributed by atoms with Crippen molar-refractivity contribution in [2.24, 2.45) is 0 Å². The Balaban J connectivity index is 1.62. The minimum absolute atomic E-state index is 0.00565. The molecule has 15 heteroatoms. The number of urea groups is 1. The SMILES string of the molecule is CC1(C)C(=O)N(c2ccc(S(=O)(=O)C(F)(F)F)cc2)C(=O)N1Cc1ccnc(-c2nnn[nH]2)c1. The average molecular weight is 495 g/mol. The van der Waals surface area contributed by atoms with Gasteiger partial charge in [0.2, 0.25) is 0 Å². The van der Waals surface area contributed by atoms with Gasteiger partial charge in [0.15, 0.2) is 5.82 Å². The number of H-pyrrole nitrogens is 1. The van der Waals surface area contributed by atoms with Gasteiger partial charge in [-0.3, -0.25) is 9.78 Å². The summed E-state index contributed by atoms with van der Waals surface area (Å²) in [6, 6.07) is 5.92. The second kappa shape index (κ2) is 7.86. The molecule has 1 N–H and O–H groups in total. The summed E-state index contributed by atoms with van der Waals surface area (Å²) in [6.07, 6.45) is 1.49. The molecule has 0 spiro atoms. The molecule has 1 saturated heterocycles. The molecule has 1 aliphatic heterocycles. The van der Waals surface area contributed by atoms with Crippen LogP contribution in [0.3, 0.4) is 0 Å². The van der Waals surface area contributed by atoms with Crippen molar-refractivity contribution in [1.82, 2.24) is 30.5 Å². The van der Waals surface area contributed by atoms with Gasteiger partial charge in [0.1, 0.15) is 11.2 Å². The van der Waals surface area contributed by atoms with E-state index < -0.39 is 37.7 Å². The van der Waals surface area contributed by atoms with Crippen molar-refractivity contribution in [2.75, 3.05) is 4.90 Å². The number of benzene rings is 1. The van der Waals surface area contributed by atoms with E-state index in [9.17, 15) is 31.2 Å². The summed E-state index contributed by atoms with van der Waals surface area (Å²) in [4.78, 5) is 31.5. The molecule has 0 saturated carbocycles. The summed E-state index contributed by atoms with van der Waals surface area (Å²) in [5, 5.41) is 13.3. The van der Waals surface area contributed by atoms with Crippen LogP contribution < -0.4 is 4.90 Å². The van der Waals surface area contributed by atoms with Crippen LogP contribution >= 0.6 is 0 Å². The van der Waals surface area contributed by atoms with Crippen LogP contribution in [0.15, 0.2) is 47.5 Å². The van der Waals surface area contributed by atoms with Crippen molar-refractivity contribution in [3.8, 4) is 11.5 Å². The van der Waals surface area contributed by atoms with Crippen molar-refractivity contribution in [2.45, 2.75) is 36.3 Å². The van der Waals surface area contributed by atoms with Gasteiger partial charge in [0.25, 0.3) is 15.7 Å². The van der Waals surface area contributed by atoms with Crippen LogP contribution in [-0.2, 0) is 21.2 Å². The number of alkyl halides is 3. The molecule has 0 atom stereocenters. The lowest BCUT2D eigenvalue weighted by Gasteiger charge is -2.27. The van der Waals surface area contributed by atoms with Gasteiger partial charge in [-0.25, -0.2) is 23.2 Å². The number of hydrogen-bond acceptors (Lipinski definition) is 8. The maximum Gasteiger partial charge on any atom is 0.501 e. The third-order valence-electron chi connectivity index (χ3n) is 5.29. The van der Waals surface area contributed by atoms with Crippen LogP contribution in [-0.4, -0.2) is 61.9 Å². The zero-order valence-corrected chi connectivity index (χ0v) is 18.4. The van der Waals surface area contributed by atoms with E-state index >= 15 is 0 Å². The Kier molecular flexibility index (Phi) is 5.38. The van der Waals surface area contributed by atoms with E-state index in [0.29, 0.717) is 29.2 Å². The van der Waals surface area contributed by atoms with Crippen molar-refractivity contribution < 1.29 is 31.2 Å². The number of sulfone groups is 1. The number of carbonyl (C=O) groups excluding carboxylic acids is 2. The molecule has 1 aromatic carbocycles. The lowest BCUT2D eigenvalue weighted by atomic mass is 10.0. The lowest BCUT2D eigenvalue weighted by Crippen LogP contribution is -2.43. The Hall–Kier alpha value is -3.88. The standard InChI is InChI=1S/C19H16F3N7O4S/c1-18(2)16(30)29(12-3-5-13(6-4-12)34(32,33)19(20,21)22)17(31)28(18)10-11-7-8-23-14(9-11)15-24-26-27-25-15/h3-9H,10H2,1-2H3,(H,24,25,26,27). The molecule has 3 heterocycles. The number of halogens is 3. The third-order valence-corrected chi connectivity index (χ3v) is 6.79. The van der Waals surface area contributed by atoms with Crippen LogP contribution in [0.1, 0.15) is 19.4 Å². The van der Waals surface area contributed by atoms with E-state index in [4.69, 9.17) is 0 Å². The van der Waals surface area contributed by atoms with Crippen molar-refractivity contribution in [3.63, 3.8) is 0 Å². The zero-order chi connectivity index (χ0) is 24.9. The van der Waals surface area contributed by atoms with Crippen LogP contribution in [0.2, 0.25) is 0 Å². The molecule has 0 bridgehead atoms. The third kappa shape index (κ3) is 3.76. The summed E-state index contributed by atoms with van der Waals surface area (Å²) in [7, 11) is -5.56. The highest BCUT2D eigenvalue weighted by Crippen LogP contribution is 2.35. The topological polar surface area (TPSA) is 142 Å². The first-order chi connectivity index (χ1) is 15.8. The molecule has 11 nitrogen and oxygen atoms in total. The molecule has 2 aromatic heterocycles. The number of rotatable bonds is 5. The summed E-state index contributed by atoms with van der Waals surface area (Å²) in [6.45, 7) is 3.06. The first-order valence-corrected chi connectivity index (χ1v) is 11.1. The van der Waals surface area contributed by atoms with Gasteiger partial charge in [0.05, 0.1) is 10.6 Å². The number of aromatic nitrogens is 5. The molecule has 34 heavy (non-hydrogen) atoms. The minimum Gasteiger partial charge on any atom is -0.305 e. The first kappa shape index (κ1) is 23.3. The zero-order valence-electron chi connectivity index (χ0n) is 17.6. The average Bonchev–Trinajstić information content (AvgIpc) is 3.36. The van der Waals surface area contributed by atoms with Gasteiger partial charge in [-0.05, 0) is 66.2 Å². The van der Waals surface area contributed by atoms with Gasteiger partial charge < -0.3 is 4.90 Å². The number of amides is 3. The molecule has 0 unspecified atom stereocenters. The molecule has 4 rings (SSSR count). The van der Waals surface area contributed by atoms with Crippen molar-refractivity contribution in [3.05, 3.63) is 48.2 Å². The van der Waals surface area contributed by atoms with E-state index in [1.54, 1.807) is 12.1 Å². The van der Waals surface area contributed by atoms with Crippen LogP contribution in [0.5, 0.6) is 0 Å². The highest BCUT2D eigenvalue weighted by Gasteiger charge is 2.52. The number of tetrazole rings is 1. The van der Waals surface area contributed by atoms with E-state index in [-0.39, 0.29) is 12.2 Å². The Labute approximate surface area is 190 Å². The van der Waals surface area contributed by atoms with Crippen LogP contribution in [0.4, 0.5) is 23.7 Å². The lowest BCUT2D eigenvalue weighted by molar-refractivity contribution is -0.123. The van der Waals surface area contributed by atoms with Gasteiger partial charge in [-0.1, -0.05) is 0 Å². The number of nitrogens with one attached hydrogen (secondary N) is 1. The fraction of sp³-hybridized carbons (Fsp3) is 0.263. The van der Waals surface area contributed by atoms with Gasteiger partial charge in [-0.2, -0.15) is 13.2 Å². The Morgan fingerprint density at radius 2 is 1.76 bits per heavy atom.